The van der Waals surface area contributed by atoms with E-state index in [2.05, 4.69) is 29.0 Å². The van der Waals surface area contributed by atoms with Crippen molar-refractivity contribution in [1.82, 2.24) is 15.0 Å². The van der Waals surface area contributed by atoms with Crippen molar-refractivity contribution in [2.75, 3.05) is 0 Å². The molecule has 0 aliphatic carbocycles. The molecule has 0 saturated heterocycles. The summed E-state index contributed by atoms with van der Waals surface area (Å²) in [5, 5.41) is 0. The number of nitrogens with one attached hydrogen (secondary N) is 1. The molecule has 0 aliphatic rings. The van der Waals surface area contributed by atoms with E-state index < -0.39 is 0 Å². The van der Waals surface area contributed by atoms with Crippen LogP contribution in [0, 0.1) is 6.92 Å². The molecule has 3 nitrogen and oxygen atoms in total. The monoisotopic (exact) mass is 285 g/mol. The Hall–Kier alpha value is -2.94. The molecule has 0 amide bonds. The lowest BCUT2D eigenvalue weighted by Crippen LogP contribution is -1.87. The number of rotatable bonds is 2. The fraction of sp³-hybridized carbons (Fsp3) is 0.0526. The van der Waals surface area contributed by atoms with Gasteiger partial charge >= 0.3 is 0 Å². The van der Waals surface area contributed by atoms with Gasteiger partial charge in [-0.15, -0.1) is 0 Å². The second kappa shape index (κ2) is 5.11. The van der Waals surface area contributed by atoms with Gasteiger partial charge in [-0.25, -0.2) is 9.97 Å². The molecule has 2 heterocycles. The molecule has 22 heavy (non-hydrogen) atoms. The van der Waals surface area contributed by atoms with Crippen LogP contribution in [0.3, 0.4) is 0 Å². The number of hydrogen-bond acceptors (Lipinski definition) is 2. The fourth-order valence-corrected chi connectivity index (χ4v) is 2.64. The van der Waals surface area contributed by atoms with Gasteiger partial charge in [-0.1, -0.05) is 54.6 Å². The molecule has 0 atom stereocenters. The van der Waals surface area contributed by atoms with Gasteiger partial charge in [-0.3, -0.25) is 0 Å². The Bertz CT molecular complexity index is 939. The van der Waals surface area contributed by atoms with E-state index in [4.69, 9.17) is 4.98 Å². The first-order valence-electron chi connectivity index (χ1n) is 7.29. The van der Waals surface area contributed by atoms with Gasteiger partial charge in [0.25, 0.3) is 0 Å². The summed E-state index contributed by atoms with van der Waals surface area (Å²) in [4.78, 5) is 12.7. The van der Waals surface area contributed by atoms with Gasteiger partial charge in [0.05, 0.1) is 11.2 Å². The Morgan fingerprint density at radius 3 is 2.36 bits per heavy atom. The molecular formula is C19H15N3. The molecule has 0 bridgehead atoms. The first-order chi connectivity index (χ1) is 10.8. The SMILES string of the molecule is Cc1ccccc1-c1ccc2[nH]c(-c3ccccc3)nc2n1. The highest BCUT2D eigenvalue weighted by molar-refractivity contribution is 5.79. The second-order valence-corrected chi connectivity index (χ2v) is 5.33. The summed E-state index contributed by atoms with van der Waals surface area (Å²) in [5.74, 6) is 0.852. The largest absolute Gasteiger partial charge is 0.337 e. The van der Waals surface area contributed by atoms with Crippen LogP contribution >= 0.6 is 0 Å². The Kier molecular flexibility index (Phi) is 2.97. The number of imidazole rings is 1. The quantitative estimate of drug-likeness (QED) is 0.584. The molecule has 106 valence electrons. The summed E-state index contributed by atoms with van der Waals surface area (Å²) in [5.41, 5.74) is 6.09. The summed E-state index contributed by atoms with van der Waals surface area (Å²) in [6.45, 7) is 2.10. The molecule has 2 aromatic carbocycles. The number of H-pyrrole nitrogens is 1. The van der Waals surface area contributed by atoms with Crippen molar-refractivity contribution in [2.45, 2.75) is 6.92 Å². The van der Waals surface area contributed by atoms with Crippen LogP contribution in [0.5, 0.6) is 0 Å². The Morgan fingerprint density at radius 2 is 1.55 bits per heavy atom. The van der Waals surface area contributed by atoms with Gasteiger partial charge in [-0.05, 0) is 24.6 Å². The molecule has 1 N–H and O–H groups in total. The van der Waals surface area contributed by atoms with Crippen molar-refractivity contribution < 1.29 is 0 Å². The number of aromatic nitrogens is 3. The number of aromatic amines is 1. The fourth-order valence-electron chi connectivity index (χ4n) is 2.64. The molecule has 4 aromatic rings. The van der Waals surface area contributed by atoms with Crippen LogP contribution in [0.4, 0.5) is 0 Å². The van der Waals surface area contributed by atoms with Crippen LogP contribution in [0.2, 0.25) is 0 Å². The highest BCUT2D eigenvalue weighted by Crippen LogP contribution is 2.25. The van der Waals surface area contributed by atoms with E-state index in [1.54, 1.807) is 0 Å². The predicted octanol–water partition coefficient (Wildman–Crippen LogP) is 4.60. The van der Waals surface area contributed by atoms with Gasteiger partial charge in [0.15, 0.2) is 5.65 Å². The normalized spacial score (nSPS) is 11.0. The lowest BCUT2D eigenvalue weighted by molar-refractivity contribution is 1.29. The van der Waals surface area contributed by atoms with Crippen molar-refractivity contribution >= 4 is 11.2 Å². The van der Waals surface area contributed by atoms with Gasteiger partial charge in [0, 0.05) is 11.1 Å². The first kappa shape index (κ1) is 12.8. The smallest absolute Gasteiger partial charge is 0.178 e. The third-order valence-corrected chi connectivity index (χ3v) is 3.81. The molecule has 3 heteroatoms. The first-order valence-corrected chi connectivity index (χ1v) is 7.29. The van der Waals surface area contributed by atoms with Crippen molar-refractivity contribution in [1.29, 1.82) is 0 Å². The molecule has 0 saturated carbocycles. The van der Waals surface area contributed by atoms with Crippen LogP contribution in [-0.2, 0) is 0 Å². The van der Waals surface area contributed by atoms with Crippen molar-refractivity contribution in [2.24, 2.45) is 0 Å². The van der Waals surface area contributed by atoms with E-state index in [0.29, 0.717) is 0 Å². The van der Waals surface area contributed by atoms with Crippen LogP contribution in [0.25, 0.3) is 33.8 Å². The zero-order chi connectivity index (χ0) is 14.9. The van der Waals surface area contributed by atoms with Gasteiger partial charge < -0.3 is 4.98 Å². The van der Waals surface area contributed by atoms with Gasteiger partial charge in [-0.2, -0.15) is 0 Å². The maximum absolute atomic E-state index is 4.71. The molecular weight excluding hydrogens is 270 g/mol. The lowest BCUT2D eigenvalue weighted by atomic mass is 10.1. The van der Waals surface area contributed by atoms with E-state index in [1.165, 1.54) is 5.56 Å². The highest BCUT2D eigenvalue weighted by atomic mass is 15.0. The van der Waals surface area contributed by atoms with Crippen LogP contribution in [0.1, 0.15) is 5.56 Å². The van der Waals surface area contributed by atoms with Gasteiger partial charge in [0.1, 0.15) is 5.82 Å². The number of pyridine rings is 1. The Balaban J connectivity index is 1.84. The molecule has 4 rings (SSSR count). The summed E-state index contributed by atoms with van der Waals surface area (Å²) < 4.78 is 0. The topological polar surface area (TPSA) is 41.6 Å². The average Bonchev–Trinajstić information content (AvgIpc) is 2.99. The van der Waals surface area contributed by atoms with E-state index >= 15 is 0 Å². The predicted molar refractivity (Wildman–Crippen MR) is 89.5 cm³/mol. The van der Waals surface area contributed by atoms with Crippen LogP contribution in [-0.4, -0.2) is 15.0 Å². The van der Waals surface area contributed by atoms with E-state index in [-0.39, 0.29) is 0 Å². The zero-order valence-corrected chi connectivity index (χ0v) is 12.2. The highest BCUT2D eigenvalue weighted by Gasteiger charge is 2.08. The molecule has 0 unspecified atom stereocenters. The summed E-state index contributed by atoms with van der Waals surface area (Å²) in [6, 6.07) is 22.5. The van der Waals surface area contributed by atoms with Crippen LogP contribution in [0.15, 0.2) is 66.7 Å². The second-order valence-electron chi connectivity index (χ2n) is 5.33. The van der Waals surface area contributed by atoms with Crippen molar-refractivity contribution in [3.63, 3.8) is 0 Å². The number of fused-ring (bicyclic) bond motifs is 1. The third-order valence-electron chi connectivity index (χ3n) is 3.81. The van der Waals surface area contributed by atoms with Gasteiger partial charge in [0.2, 0.25) is 0 Å². The minimum atomic E-state index is 0.750. The summed E-state index contributed by atoms with van der Waals surface area (Å²) in [7, 11) is 0. The lowest BCUT2D eigenvalue weighted by Gasteiger charge is -2.03. The van der Waals surface area contributed by atoms with E-state index in [1.807, 2.05) is 54.6 Å². The third kappa shape index (κ3) is 2.17. The average molecular weight is 285 g/mol. The molecule has 0 aliphatic heterocycles. The standard InChI is InChI=1S/C19H15N3/c1-13-7-5-6-10-15(13)16-11-12-17-19(20-16)22-18(21-17)14-8-3-2-4-9-14/h2-12H,1H3,(H,20,21,22). The Morgan fingerprint density at radius 1 is 0.773 bits per heavy atom. The molecule has 0 spiro atoms. The Labute approximate surface area is 128 Å². The van der Waals surface area contributed by atoms with Crippen molar-refractivity contribution in [3.05, 3.63) is 72.3 Å². The number of nitrogens with zero attached hydrogens (tertiary/aromatic N) is 2. The van der Waals surface area contributed by atoms with Crippen molar-refractivity contribution in [3.8, 4) is 22.6 Å². The molecule has 0 fully saturated rings. The maximum Gasteiger partial charge on any atom is 0.178 e. The summed E-state index contributed by atoms with van der Waals surface area (Å²) in [6.07, 6.45) is 0. The number of hydrogen-bond donors (Lipinski definition) is 1. The maximum atomic E-state index is 4.71. The molecule has 0 radical (unpaired) electrons. The molecule has 2 aromatic heterocycles. The number of aryl methyl sites for hydroxylation is 1. The minimum absolute atomic E-state index is 0.750. The van der Waals surface area contributed by atoms with E-state index in [9.17, 15) is 0 Å². The minimum Gasteiger partial charge on any atom is -0.337 e. The number of benzene rings is 2. The van der Waals surface area contributed by atoms with E-state index in [0.717, 1.165) is 33.8 Å². The summed E-state index contributed by atoms with van der Waals surface area (Å²) >= 11 is 0. The van der Waals surface area contributed by atoms with Crippen LogP contribution < -0.4 is 0 Å². The zero-order valence-electron chi connectivity index (χ0n) is 12.2.